The van der Waals surface area contributed by atoms with Crippen LogP contribution < -0.4 is 0 Å². The van der Waals surface area contributed by atoms with E-state index in [1.165, 1.54) is 16.7 Å². The lowest BCUT2D eigenvalue weighted by atomic mass is 9.97. The van der Waals surface area contributed by atoms with E-state index < -0.39 is 0 Å². The van der Waals surface area contributed by atoms with Gasteiger partial charge in [0, 0.05) is 22.2 Å². The van der Waals surface area contributed by atoms with Crippen molar-refractivity contribution >= 4 is 33.5 Å². The van der Waals surface area contributed by atoms with Gasteiger partial charge in [-0.2, -0.15) is 0 Å². The van der Waals surface area contributed by atoms with Gasteiger partial charge in [0.25, 0.3) is 0 Å². The van der Waals surface area contributed by atoms with Gasteiger partial charge in [-0.1, -0.05) is 41.4 Å². The summed E-state index contributed by atoms with van der Waals surface area (Å²) in [6, 6.07) is 18.5. The molecule has 113 valence electrons. The van der Waals surface area contributed by atoms with E-state index in [0.717, 1.165) is 32.5 Å². The second kappa shape index (κ2) is 5.43. The zero-order chi connectivity index (χ0) is 16.0. The first kappa shape index (κ1) is 14.3. The van der Waals surface area contributed by atoms with E-state index in [-0.39, 0.29) is 0 Å². The second-order valence-corrected chi connectivity index (χ2v) is 6.44. The van der Waals surface area contributed by atoms with E-state index in [4.69, 9.17) is 16.0 Å². The van der Waals surface area contributed by atoms with E-state index >= 15 is 0 Å². The maximum absolute atomic E-state index is 6.13. The highest BCUT2D eigenvalue weighted by molar-refractivity contribution is 6.31. The van der Waals surface area contributed by atoms with Crippen molar-refractivity contribution in [3.05, 3.63) is 88.3 Å². The molecule has 3 aromatic carbocycles. The van der Waals surface area contributed by atoms with E-state index in [2.05, 4.69) is 50.6 Å². The monoisotopic (exact) mass is 319 g/mol. The van der Waals surface area contributed by atoms with Crippen LogP contribution in [0.4, 0.5) is 0 Å². The Kier molecular flexibility index (Phi) is 3.39. The Hall–Kier alpha value is -2.25. The quantitative estimate of drug-likeness (QED) is 0.413. The van der Waals surface area contributed by atoms with Gasteiger partial charge in [0.2, 0.25) is 0 Å². The molecule has 0 N–H and O–H groups in total. The molecule has 2 heteroatoms. The maximum Gasteiger partial charge on any atom is 0.135 e. The third kappa shape index (κ3) is 2.62. The Labute approximate surface area is 140 Å². The molecule has 0 aliphatic carbocycles. The smallest absolute Gasteiger partial charge is 0.135 e. The largest absolute Gasteiger partial charge is 0.456 e. The molecule has 0 amide bonds. The maximum atomic E-state index is 6.13. The minimum atomic E-state index is 0.726. The lowest BCUT2D eigenvalue weighted by Gasteiger charge is -2.07. The molecular weight excluding hydrogens is 304 g/mol. The fourth-order valence-corrected chi connectivity index (χ4v) is 3.12. The van der Waals surface area contributed by atoms with Crippen molar-refractivity contribution < 1.29 is 4.42 Å². The molecule has 4 aromatic rings. The highest BCUT2D eigenvalue weighted by Gasteiger charge is 2.09. The van der Waals surface area contributed by atoms with Crippen molar-refractivity contribution in [2.24, 2.45) is 0 Å². The Morgan fingerprint density at radius 2 is 1.57 bits per heavy atom. The van der Waals surface area contributed by atoms with Crippen LogP contribution in [0.25, 0.3) is 21.9 Å². The summed E-state index contributed by atoms with van der Waals surface area (Å²) in [6.07, 6.45) is 2.21. The van der Waals surface area contributed by atoms with Crippen LogP contribution in [0.3, 0.4) is 0 Å². The Balaban J connectivity index is 1.83. The molecule has 0 aliphatic heterocycles. The van der Waals surface area contributed by atoms with E-state index in [1.54, 1.807) is 0 Å². The first-order valence-corrected chi connectivity index (χ1v) is 8.02. The van der Waals surface area contributed by atoms with Crippen molar-refractivity contribution in [1.82, 2.24) is 0 Å². The average Bonchev–Trinajstić information content (AvgIpc) is 2.88. The summed E-state index contributed by atoms with van der Waals surface area (Å²) in [5, 5.41) is 2.88. The van der Waals surface area contributed by atoms with Crippen LogP contribution in [0, 0.1) is 20.3 Å². The van der Waals surface area contributed by atoms with Gasteiger partial charge >= 0.3 is 0 Å². The molecule has 1 radical (unpaired) electrons. The highest BCUT2D eigenvalue weighted by Crippen LogP contribution is 2.32. The van der Waals surface area contributed by atoms with Crippen molar-refractivity contribution in [2.75, 3.05) is 0 Å². The Morgan fingerprint density at radius 3 is 2.39 bits per heavy atom. The molecule has 0 bridgehead atoms. The van der Waals surface area contributed by atoms with Gasteiger partial charge in [-0.25, -0.2) is 0 Å². The molecule has 0 spiro atoms. The SMILES string of the molecule is Cc1ccc(C)c([CH]c2ccc3oc4ccc(Cl)cc4c3c2)c1. The van der Waals surface area contributed by atoms with Crippen molar-refractivity contribution in [2.45, 2.75) is 13.8 Å². The number of hydrogen-bond donors (Lipinski definition) is 0. The molecule has 23 heavy (non-hydrogen) atoms. The molecular formula is C21H16ClO. The van der Waals surface area contributed by atoms with Crippen LogP contribution >= 0.6 is 11.6 Å². The number of benzene rings is 3. The first-order valence-electron chi connectivity index (χ1n) is 7.64. The molecule has 0 saturated carbocycles. The molecule has 0 unspecified atom stereocenters. The zero-order valence-corrected chi connectivity index (χ0v) is 13.8. The van der Waals surface area contributed by atoms with E-state index in [9.17, 15) is 0 Å². The second-order valence-electron chi connectivity index (χ2n) is 6.00. The van der Waals surface area contributed by atoms with Gasteiger partial charge in [-0.3, -0.25) is 0 Å². The summed E-state index contributed by atoms with van der Waals surface area (Å²) < 4.78 is 5.88. The number of furan rings is 1. The lowest BCUT2D eigenvalue weighted by molar-refractivity contribution is 0.669. The van der Waals surface area contributed by atoms with Crippen LogP contribution in [0.5, 0.6) is 0 Å². The molecule has 0 fully saturated rings. The van der Waals surface area contributed by atoms with Crippen molar-refractivity contribution in [3.8, 4) is 0 Å². The number of halogens is 1. The van der Waals surface area contributed by atoms with Gasteiger partial charge in [0.15, 0.2) is 0 Å². The Bertz CT molecular complexity index is 1030. The molecule has 1 heterocycles. The van der Waals surface area contributed by atoms with Crippen LogP contribution in [-0.2, 0) is 0 Å². The summed E-state index contributed by atoms with van der Waals surface area (Å²) in [7, 11) is 0. The van der Waals surface area contributed by atoms with Gasteiger partial charge < -0.3 is 4.42 Å². The fraction of sp³-hybridized carbons (Fsp3) is 0.0952. The summed E-state index contributed by atoms with van der Waals surface area (Å²) in [5.41, 5.74) is 6.71. The highest BCUT2D eigenvalue weighted by atomic mass is 35.5. The van der Waals surface area contributed by atoms with Crippen LogP contribution in [0.1, 0.15) is 22.3 Å². The summed E-state index contributed by atoms with van der Waals surface area (Å²) in [4.78, 5) is 0. The van der Waals surface area contributed by atoms with Gasteiger partial charge in [-0.15, -0.1) is 0 Å². The van der Waals surface area contributed by atoms with Gasteiger partial charge in [0.1, 0.15) is 11.2 Å². The minimum absolute atomic E-state index is 0.726. The Morgan fingerprint density at radius 1 is 0.826 bits per heavy atom. The zero-order valence-electron chi connectivity index (χ0n) is 13.1. The summed E-state index contributed by atoms with van der Waals surface area (Å²) in [5.74, 6) is 0. The number of fused-ring (bicyclic) bond motifs is 3. The third-order valence-corrected chi connectivity index (χ3v) is 4.45. The minimum Gasteiger partial charge on any atom is -0.456 e. The standard InChI is InChI=1S/C21H16ClO/c1-13-3-4-14(2)16(9-13)10-15-5-7-20-18(11-15)19-12-17(22)6-8-21(19)23-20/h3-12H,1-2H3. The third-order valence-electron chi connectivity index (χ3n) is 4.21. The topological polar surface area (TPSA) is 13.1 Å². The molecule has 0 atom stereocenters. The molecule has 1 nitrogen and oxygen atoms in total. The van der Waals surface area contributed by atoms with Gasteiger partial charge in [-0.05, 0) is 60.9 Å². The number of aryl methyl sites for hydroxylation is 2. The predicted octanol–water partition coefficient (Wildman–Crippen LogP) is 6.46. The summed E-state index contributed by atoms with van der Waals surface area (Å²) in [6.45, 7) is 4.25. The van der Waals surface area contributed by atoms with Crippen LogP contribution in [-0.4, -0.2) is 0 Å². The average molecular weight is 320 g/mol. The lowest BCUT2D eigenvalue weighted by Crippen LogP contribution is -1.90. The number of hydrogen-bond acceptors (Lipinski definition) is 1. The number of rotatable bonds is 2. The normalized spacial score (nSPS) is 11.4. The molecule has 0 saturated heterocycles. The summed E-state index contributed by atoms with van der Waals surface area (Å²) >= 11 is 6.13. The molecule has 1 aromatic heterocycles. The fourth-order valence-electron chi connectivity index (χ4n) is 2.95. The van der Waals surface area contributed by atoms with Gasteiger partial charge in [0.05, 0.1) is 0 Å². The van der Waals surface area contributed by atoms with Crippen molar-refractivity contribution in [3.63, 3.8) is 0 Å². The molecule has 0 aliphatic rings. The predicted molar refractivity (Wildman–Crippen MR) is 97.2 cm³/mol. The van der Waals surface area contributed by atoms with E-state index in [1.807, 2.05) is 24.3 Å². The van der Waals surface area contributed by atoms with Crippen molar-refractivity contribution in [1.29, 1.82) is 0 Å². The first-order chi connectivity index (χ1) is 11.1. The van der Waals surface area contributed by atoms with E-state index in [0.29, 0.717) is 0 Å². The molecule has 4 rings (SSSR count). The van der Waals surface area contributed by atoms with Crippen LogP contribution in [0.2, 0.25) is 5.02 Å². The van der Waals surface area contributed by atoms with Crippen LogP contribution in [0.15, 0.2) is 59.0 Å².